The second kappa shape index (κ2) is 5.40. The molecule has 0 radical (unpaired) electrons. The van der Waals surface area contributed by atoms with Gasteiger partial charge >= 0.3 is 0 Å². The third kappa shape index (κ3) is 3.02. The van der Waals surface area contributed by atoms with Gasteiger partial charge < -0.3 is 5.73 Å². The van der Waals surface area contributed by atoms with Crippen molar-refractivity contribution in [1.82, 2.24) is 0 Å². The lowest BCUT2D eigenvalue weighted by Gasteiger charge is -2.11. The first-order chi connectivity index (χ1) is 6.65. The van der Waals surface area contributed by atoms with E-state index in [-0.39, 0.29) is 6.04 Å². The summed E-state index contributed by atoms with van der Waals surface area (Å²) in [7, 11) is 0. The molecule has 1 atom stereocenters. The van der Waals surface area contributed by atoms with Crippen LogP contribution in [0.3, 0.4) is 0 Å². The number of nitrogens with two attached hydrogens (primary N) is 1. The summed E-state index contributed by atoms with van der Waals surface area (Å²) < 4.78 is 0. The van der Waals surface area contributed by atoms with Crippen molar-refractivity contribution < 1.29 is 0 Å². The van der Waals surface area contributed by atoms with Gasteiger partial charge in [-0.3, -0.25) is 0 Å². The van der Waals surface area contributed by atoms with Crippen molar-refractivity contribution >= 4 is 23.2 Å². The molecule has 1 aromatic rings. The van der Waals surface area contributed by atoms with E-state index in [0.29, 0.717) is 10.0 Å². The van der Waals surface area contributed by atoms with Crippen molar-refractivity contribution in [3.8, 4) is 0 Å². The van der Waals surface area contributed by atoms with Crippen LogP contribution in [0.4, 0.5) is 0 Å². The lowest BCUT2D eigenvalue weighted by Crippen LogP contribution is -2.09. The highest BCUT2D eigenvalue weighted by Gasteiger charge is 2.06. The Labute approximate surface area is 94.5 Å². The summed E-state index contributed by atoms with van der Waals surface area (Å²) in [5, 5.41) is 1.12. The van der Waals surface area contributed by atoms with Crippen molar-refractivity contribution in [2.45, 2.75) is 18.9 Å². The zero-order chi connectivity index (χ0) is 10.6. The molecule has 2 N–H and O–H groups in total. The van der Waals surface area contributed by atoms with Crippen LogP contribution >= 0.6 is 23.2 Å². The van der Waals surface area contributed by atoms with Crippen LogP contribution < -0.4 is 5.73 Å². The Hall–Kier alpha value is -0.500. The Bertz CT molecular complexity index is 323. The SMILES string of the molecule is C=CCCC(N)c1ccc(Cl)c(Cl)c1. The van der Waals surface area contributed by atoms with Crippen LogP contribution in [-0.4, -0.2) is 0 Å². The lowest BCUT2D eigenvalue weighted by molar-refractivity contribution is 0.661. The van der Waals surface area contributed by atoms with Crippen molar-refractivity contribution in [3.05, 3.63) is 46.5 Å². The quantitative estimate of drug-likeness (QED) is 0.778. The van der Waals surface area contributed by atoms with E-state index in [9.17, 15) is 0 Å². The second-order valence-electron chi connectivity index (χ2n) is 3.15. The van der Waals surface area contributed by atoms with Crippen molar-refractivity contribution in [2.24, 2.45) is 5.73 Å². The number of hydrogen-bond acceptors (Lipinski definition) is 1. The van der Waals surface area contributed by atoms with Crippen LogP contribution in [0.25, 0.3) is 0 Å². The van der Waals surface area contributed by atoms with Gasteiger partial charge in [-0.05, 0) is 30.5 Å². The molecular formula is C11H13Cl2N. The molecule has 3 heteroatoms. The lowest BCUT2D eigenvalue weighted by atomic mass is 10.0. The van der Waals surface area contributed by atoms with Gasteiger partial charge in [-0.25, -0.2) is 0 Å². The third-order valence-corrected chi connectivity index (χ3v) is 2.79. The van der Waals surface area contributed by atoms with Crippen molar-refractivity contribution in [2.75, 3.05) is 0 Å². The Morgan fingerprint density at radius 3 is 2.64 bits per heavy atom. The average molecular weight is 230 g/mol. The molecule has 0 heterocycles. The molecule has 0 saturated heterocycles. The standard InChI is InChI=1S/C11H13Cl2N/c1-2-3-4-11(14)8-5-6-9(12)10(13)7-8/h2,5-7,11H,1,3-4,14H2. The molecule has 0 aliphatic heterocycles. The third-order valence-electron chi connectivity index (χ3n) is 2.05. The van der Waals surface area contributed by atoms with Crippen molar-refractivity contribution in [1.29, 1.82) is 0 Å². The monoisotopic (exact) mass is 229 g/mol. The summed E-state index contributed by atoms with van der Waals surface area (Å²) in [6, 6.07) is 5.50. The Morgan fingerprint density at radius 1 is 1.36 bits per heavy atom. The van der Waals surface area contributed by atoms with E-state index in [4.69, 9.17) is 28.9 Å². The first-order valence-electron chi connectivity index (χ1n) is 4.46. The van der Waals surface area contributed by atoms with Crippen LogP contribution in [0, 0.1) is 0 Å². The highest BCUT2D eigenvalue weighted by Crippen LogP contribution is 2.26. The minimum absolute atomic E-state index is 0.00256. The molecule has 0 saturated carbocycles. The minimum Gasteiger partial charge on any atom is -0.324 e. The highest BCUT2D eigenvalue weighted by atomic mass is 35.5. The van der Waals surface area contributed by atoms with Gasteiger partial charge in [-0.2, -0.15) is 0 Å². The molecule has 0 fully saturated rings. The van der Waals surface area contributed by atoms with Crippen LogP contribution in [0.5, 0.6) is 0 Å². The maximum Gasteiger partial charge on any atom is 0.0595 e. The first kappa shape index (κ1) is 11.6. The second-order valence-corrected chi connectivity index (χ2v) is 3.96. The van der Waals surface area contributed by atoms with Gasteiger partial charge in [0.1, 0.15) is 0 Å². The van der Waals surface area contributed by atoms with Gasteiger partial charge in [0, 0.05) is 6.04 Å². The first-order valence-corrected chi connectivity index (χ1v) is 5.22. The van der Waals surface area contributed by atoms with E-state index in [1.54, 1.807) is 6.07 Å². The number of hydrogen-bond donors (Lipinski definition) is 1. The molecule has 76 valence electrons. The minimum atomic E-state index is 0.00256. The van der Waals surface area contributed by atoms with Crippen LogP contribution in [0.1, 0.15) is 24.4 Å². The fourth-order valence-electron chi connectivity index (χ4n) is 1.21. The smallest absolute Gasteiger partial charge is 0.0595 e. The molecule has 0 aliphatic rings. The normalized spacial score (nSPS) is 12.5. The molecule has 1 unspecified atom stereocenters. The number of halogens is 2. The molecule has 0 amide bonds. The topological polar surface area (TPSA) is 26.0 Å². The zero-order valence-corrected chi connectivity index (χ0v) is 9.35. The van der Waals surface area contributed by atoms with E-state index >= 15 is 0 Å². The number of allylic oxidation sites excluding steroid dienone is 1. The van der Waals surface area contributed by atoms with Crippen LogP contribution in [-0.2, 0) is 0 Å². The van der Waals surface area contributed by atoms with Gasteiger partial charge in [0.05, 0.1) is 10.0 Å². The number of benzene rings is 1. The average Bonchev–Trinajstić information content (AvgIpc) is 2.18. The van der Waals surface area contributed by atoms with Gasteiger partial charge in [0.2, 0.25) is 0 Å². The summed E-state index contributed by atoms with van der Waals surface area (Å²) in [4.78, 5) is 0. The van der Waals surface area contributed by atoms with E-state index in [0.717, 1.165) is 18.4 Å². The summed E-state index contributed by atoms with van der Waals surface area (Å²) >= 11 is 11.7. The fourth-order valence-corrected chi connectivity index (χ4v) is 1.51. The largest absolute Gasteiger partial charge is 0.324 e. The van der Waals surface area contributed by atoms with E-state index in [1.807, 2.05) is 18.2 Å². The molecule has 1 aromatic carbocycles. The zero-order valence-electron chi connectivity index (χ0n) is 7.84. The predicted octanol–water partition coefficient (Wildman–Crippen LogP) is 3.96. The molecule has 0 aromatic heterocycles. The Balaban J connectivity index is 2.75. The number of rotatable bonds is 4. The molecule has 0 aliphatic carbocycles. The van der Waals surface area contributed by atoms with Crippen LogP contribution in [0.2, 0.25) is 10.0 Å². The van der Waals surface area contributed by atoms with Gasteiger partial charge in [-0.1, -0.05) is 35.3 Å². The summed E-state index contributed by atoms with van der Waals surface area (Å²) in [5.74, 6) is 0. The Kier molecular flexibility index (Phi) is 4.46. The summed E-state index contributed by atoms with van der Waals surface area (Å²) in [6.07, 6.45) is 3.64. The van der Waals surface area contributed by atoms with E-state index < -0.39 is 0 Å². The molecule has 0 spiro atoms. The highest BCUT2D eigenvalue weighted by molar-refractivity contribution is 6.42. The maximum absolute atomic E-state index is 5.95. The fraction of sp³-hybridized carbons (Fsp3) is 0.273. The van der Waals surface area contributed by atoms with E-state index in [1.165, 1.54) is 0 Å². The maximum atomic E-state index is 5.95. The summed E-state index contributed by atoms with van der Waals surface area (Å²) in [6.45, 7) is 3.66. The molecule has 14 heavy (non-hydrogen) atoms. The summed E-state index contributed by atoms with van der Waals surface area (Å²) in [5.41, 5.74) is 6.97. The Morgan fingerprint density at radius 2 is 2.07 bits per heavy atom. The van der Waals surface area contributed by atoms with Crippen molar-refractivity contribution in [3.63, 3.8) is 0 Å². The van der Waals surface area contributed by atoms with Crippen LogP contribution in [0.15, 0.2) is 30.9 Å². The molecule has 0 bridgehead atoms. The van der Waals surface area contributed by atoms with Gasteiger partial charge in [0.25, 0.3) is 0 Å². The van der Waals surface area contributed by atoms with Gasteiger partial charge in [0.15, 0.2) is 0 Å². The van der Waals surface area contributed by atoms with Gasteiger partial charge in [-0.15, -0.1) is 6.58 Å². The van der Waals surface area contributed by atoms with E-state index in [2.05, 4.69) is 6.58 Å². The predicted molar refractivity (Wildman–Crippen MR) is 62.8 cm³/mol. The molecule has 1 rings (SSSR count). The molecular weight excluding hydrogens is 217 g/mol. The molecule has 1 nitrogen and oxygen atoms in total.